The standard InChI is InChI=1S/C12H19N7/c1-5-12(2,3)18(4)10-15-9(13)16-11(17-10)19-8-6-7-14-19/h6-8H,5H2,1-4H3,(H2,13,15,16,17). The highest BCUT2D eigenvalue weighted by molar-refractivity contribution is 5.39. The van der Waals surface area contributed by atoms with Gasteiger partial charge in [-0.25, -0.2) is 4.68 Å². The number of nitrogen functional groups attached to an aromatic ring is 1. The molecule has 0 unspecified atom stereocenters. The van der Waals surface area contributed by atoms with Crippen LogP contribution in [0.25, 0.3) is 5.95 Å². The van der Waals surface area contributed by atoms with E-state index in [4.69, 9.17) is 5.73 Å². The van der Waals surface area contributed by atoms with Gasteiger partial charge in [-0.2, -0.15) is 20.1 Å². The molecule has 0 aliphatic heterocycles. The lowest BCUT2D eigenvalue weighted by atomic mass is 10.0. The normalized spacial score (nSPS) is 11.6. The Balaban J connectivity index is 2.43. The molecule has 0 saturated carbocycles. The van der Waals surface area contributed by atoms with E-state index >= 15 is 0 Å². The van der Waals surface area contributed by atoms with Gasteiger partial charge in [-0.1, -0.05) is 6.92 Å². The summed E-state index contributed by atoms with van der Waals surface area (Å²) in [6.07, 6.45) is 4.40. The molecule has 0 spiro atoms. The van der Waals surface area contributed by atoms with E-state index in [0.29, 0.717) is 11.9 Å². The Kier molecular flexibility index (Phi) is 3.37. The lowest BCUT2D eigenvalue weighted by Gasteiger charge is -2.34. The fourth-order valence-corrected chi connectivity index (χ4v) is 1.52. The van der Waals surface area contributed by atoms with Crippen LogP contribution >= 0.6 is 0 Å². The number of nitrogens with zero attached hydrogens (tertiary/aromatic N) is 6. The molecule has 0 radical (unpaired) electrons. The molecule has 2 aromatic heterocycles. The topological polar surface area (TPSA) is 85.8 Å². The summed E-state index contributed by atoms with van der Waals surface area (Å²) < 4.78 is 1.56. The fraction of sp³-hybridized carbons (Fsp3) is 0.500. The minimum atomic E-state index is -0.0603. The summed E-state index contributed by atoms with van der Waals surface area (Å²) >= 11 is 0. The van der Waals surface area contributed by atoms with Crippen LogP contribution in [-0.4, -0.2) is 37.3 Å². The maximum Gasteiger partial charge on any atom is 0.257 e. The number of anilines is 2. The van der Waals surface area contributed by atoms with Crippen molar-refractivity contribution in [1.82, 2.24) is 24.7 Å². The quantitative estimate of drug-likeness (QED) is 0.891. The summed E-state index contributed by atoms with van der Waals surface area (Å²) in [5, 5.41) is 4.10. The number of aromatic nitrogens is 5. The Bertz CT molecular complexity index is 547. The Hall–Kier alpha value is -2.18. The third kappa shape index (κ3) is 2.64. The monoisotopic (exact) mass is 261 g/mol. The summed E-state index contributed by atoms with van der Waals surface area (Å²) in [5.41, 5.74) is 5.70. The molecule has 2 heterocycles. The Morgan fingerprint density at radius 3 is 2.63 bits per heavy atom. The van der Waals surface area contributed by atoms with E-state index in [0.717, 1.165) is 6.42 Å². The van der Waals surface area contributed by atoms with Crippen molar-refractivity contribution < 1.29 is 0 Å². The van der Waals surface area contributed by atoms with Crippen molar-refractivity contribution in [2.45, 2.75) is 32.7 Å². The minimum absolute atomic E-state index is 0.0603. The lowest BCUT2D eigenvalue weighted by Crippen LogP contribution is -2.41. The molecule has 0 saturated heterocycles. The van der Waals surface area contributed by atoms with E-state index in [-0.39, 0.29) is 11.5 Å². The molecular formula is C12H19N7. The van der Waals surface area contributed by atoms with Gasteiger partial charge in [0.05, 0.1) is 0 Å². The van der Waals surface area contributed by atoms with Crippen LogP contribution in [0.4, 0.5) is 11.9 Å². The maximum atomic E-state index is 5.76. The molecule has 2 rings (SSSR count). The SMILES string of the molecule is CCC(C)(C)N(C)c1nc(N)nc(-n2cccn2)n1. The molecule has 2 N–H and O–H groups in total. The molecule has 0 aliphatic carbocycles. The van der Waals surface area contributed by atoms with Crippen LogP contribution in [0.15, 0.2) is 18.5 Å². The Labute approximate surface area is 112 Å². The van der Waals surface area contributed by atoms with Gasteiger partial charge in [0, 0.05) is 25.0 Å². The van der Waals surface area contributed by atoms with Crippen LogP contribution < -0.4 is 10.6 Å². The van der Waals surface area contributed by atoms with Crippen molar-refractivity contribution in [3.05, 3.63) is 18.5 Å². The number of hydrogen-bond acceptors (Lipinski definition) is 6. The van der Waals surface area contributed by atoms with Gasteiger partial charge in [0.2, 0.25) is 11.9 Å². The molecule has 0 atom stereocenters. The number of nitrogens with two attached hydrogens (primary N) is 1. The summed E-state index contributed by atoms with van der Waals surface area (Å²) in [6.45, 7) is 6.37. The van der Waals surface area contributed by atoms with Gasteiger partial charge in [-0.15, -0.1) is 0 Å². The first-order valence-corrected chi connectivity index (χ1v) is 6.19. The van der Waals surface area contributed by atoms with Crippen molar-refractivity contribution >= 4 is 11.9 Å². The zero-order valence-electron chi connectivity index (χ0n) is 11.7. The highest BCUT2D eigenvalue weighted by Gasteiger charge is 2.24. The van der Waals surface area contributed by atoms with Crippen LogP contribution in [0.5, 0.6) is 0 Å². The largest absolute Gasteiger partial charge is 0.368 e. The molecule has 19 heavy (non-hydrogen) atoms. The molecule has 0 bridgehead atoms. The van der Waals surface area contributed by atoms with Gasteiger partial charge >= 0.3 is 0 Å². The van der Waals surface area contributed by atoms with Gasteiger partial charge in [0.1, 0.15) is 0 Å². The average Bonchev–Trinajstić information content (AvgIpc) is 2.91. The molecule has 0 fully saturated rings. The fourth-order valence-electron chi connectivity index (χ4n) is 1.52. The Morgan fingerprint density at radius 2 is 2.05 bits per heavy atom. The van der Waals surface area contributed by atoms with Crippen molar-refractivity contribution in [2.75, 3.05) is 17.7 Å². The van der Waals surface area contributed by atoms with E-state index < -0.39 is 0 Å². The molecular weight excluding hydrogens is 242 g/mol. The second-order valence-corrected chi connectivity index (χ2v) is 4.97. The zero-order valence-corrected chi connectivity index (χ0v) is 11.7. The molecule has 102 valence electrons. The average molecular weight is 261 g/mol. The van der Waals surface area contributed by atoms with Gasteiger partial charge in [0.15, 0.2) is 0 Å². The summed E-state index contributed by atoms with van der Waals surface area (Å²) in [5.74, 6) is 1.16. The van der Waals surface area contributed by atoms with Crippen LogP contribution in [-0.2, 0) is 0 Å². The van der Waals surface area contributed by atoms with Gasteiger partial charge in [-0.05, 0) is 26.3 Å². The lowest BCUT2D eigenvalue weighted by molar-refractivity contribution is 0.462. The van der Waals surface area contributed by atoms with E-state index in [1.54, 1.807) is 23.1 Å². The highest BCUT2D eigenvalue weighted by atomic mass is 15.4. The van der Waals surface area contributed by atoms with E-state index in [1.807, 2.05) is 11.9 Å². The number of rotatable bonds is 4. The predicted molar refractivity (Wildman–Crippen MR) is 74.1 cm³/mol. The summed E-state index contributed by atoms with van der Waals surface area (Å²) in [6, 6.07) is 1.80. The predicted octanol–water partition coefficient (Wildman–Crippen LogP) is 1.26. The molecule has 7 heteroatoms. The summed E-state index contributed by atoms with van der Waals surface area (Å²) in [7, 11) is 1.95. The molecule has 0 aromatic carbocycles. The smallest absolute Gasteiger partial charge is 0.257 e. The Morgan fingerprint density at radius 1 is 1.32 bits per heavy atom. The minimum Gasteiger partial charge on any atom is -0.368 e. The zero-order chi connectivity index (χ0) is 14.0. The second-order valence-electron chi connectivity index (χ2n) is 4.97. The molecule has 0 aliphatic rings. The van der Waals surface area contributed by atoms with Gasteiger partial charge < -0.3 is 10.6 Å². The van der Waals surface area contributed by atoms with Crippen molar-refractivity contribution in [3.63, 3.8) is 0 Å². The highest BCUT2D eigenvalue weighted by Crippen LogP contribution is 2.22. The van der Waals surface area contributed by atoms with Crippen LogP contribution in [0.3, 0.4) is 0 Å². The number of hydrogen-bond donors (Lipinski definition) is 1. The van der Waals surface area contributed by atoms with Crippen LogP contribution in [0.1, 0.15) is 27.2 Å². The van der Waals surface area contributed by atoms with Crippen LogP contribution in [0, 0.1) is 0 Å². The van der Waals surface area contributed by atoms with Crippen molar-refractivity contribution in [1.29, 1.82) is 0 Å². The van der Waals surface area contributed by atoms with Crippen LogP contribution in [0.2, 0.25) is 0 Å². The third-order valence-electron chi connectivity index (χ3n) is 3.41. The first kappa shape index (κ1) is 13.3. The van der Waals surface area contributed by atoms with E-state index in [9.17, 15) is 0 Å². The van der Waals surface area contributed by atoms with E-state index in [2.05, 4.69) is 40.8 Å². The van der Waals surface area contributed by atoms with Crippen molar-refractivity contribution in [3.8, 4) is 5.95 Å². The first-order chi connectivity index (χ1) is 8.94. The second kappa shape index (κ2) is 4.83. The van der Waals surface area contributed by atoms with E-state index in [1.165, 1.54) is 0 Å². The van der Waals surface area contributed by atoms with Crippen molar-refractivity contribution in [2.24, 2.45) is 0 Å². The molecule has 2 aromatic rings. The molecule has 0 amide bonds. The third-order valence-corrected chi connectivity index (χ3v) is 3.41. The van der Waals surface area contributed by atoms with Gasteiger partial charge in [-0.3, -0.25) is 0 Å². The maximum absolute atomic E-state index is 5.76. The molecule has 7 nitrogen and oxygen atoms in total. The first-order valence-electron chi connectivity index (χ1n) is 6.19. The summed E-state index contributed by atoms with van der Waals surface area (Å²) in [4.78, 5) is 14.7. The van der Waals surface area contributed by atoms with Gasteiger partial charge in [0.25, 0.3) is 5.95 Å².